The molecule has 0 bridgehead atoms. The predicted octanol–water partition coefficient (Wildman–Crippen LogP) is 4.07. The zero-order valence-corrected chi connectivity index (χ0v) is 16.8. The largest absolute Gasteiger partial charge is 0.344 e. The second-order valence-corrected chi connectivity index (χ2v) is 7.40. The molecule has 0 saturated heterocycles. The molecule has 3 aromatic carbocycles. The zero-order chi connectivity index (χ0) is 21.7. The standard InChI is InChI=1S/C23H23N3O4/c1-15(2)22(23(28)24-18-10-6-11-19(14-18)26(29)30)25-21(27)13-17-9-5-8-16-7-3-4-12-20(16)17/h3-12,14-15,22H,13H2,1-2H3,(H,24,28)(H,25,27)/t22-/m0/s1. The Bertz CT molecular complexity index is 1090. The van der Waals surface area contributed by atoms with Crippen LogP contribution in [0.15, 0.2) is 66.7 Å². The van der Waals surface area contributed by atoms with Gasteiger partial charge in [-0.2, -0.15) is 0 Å². The van der Waals surface area contributed by atoms with Crippen molar-refractivity contribution in [1.82, 2.24) is 5.32 Å². The van der Waals surface area contributed by atoms with Crippen LogP contribution in [-0.4, -0.2) is 22.8 Å². The lowest BCUT2D eigenvalue weighted by Crippen LogP contribution is -2.47. The van der Waals surface area contributed by atoms with Crippen LogP contribution in [0.4, 0.5) is 11.4 Å². The maximum Gasteiger partial charge on any atom is 0.271 e. The highest BCUT2D eigenvalue weighted by molar-refractivity contribution is 5.98. The molecule has 0 heterocycles. The molecule has 7 nitrogen and oxygen atoms in total. The van der Waals surface area contributed by atoms with Gasteiger partial charge in [-0.3, -0.25) is 19.7 Å². The number of benzene rings is 3. The first kappa shape index (κ1) is 21.0. The van der Waals surface area contributed by atoms with Gasteiger partial charge < -0.3 is 10.6 Å². The summed E-state index contributed by atoms with van der Waals surface area (Å²) in [7, 11) is 0. The Morgan fingerprint density at radius 3 is 2.43 bits per heavy atom. The van der Waals surface area contributed by atoms with Crippen LogP contribution in [0.1, 0.15) is 19.4 Å². The van der Waals surface area contributed by atoms with E-state index in [4.69, 9.17) is 0 Å². The van der Waals surface area contributed by atoms with Crippen molar-refractivity contribution in [1.29, 1.82) is 0 Å². The van der Waals surface area contributed by atoms with Gasteiger partial charge in [0, 0.05) is 17.8 Å². The van der Waals surface area contributed by atoms with Crippen LogP contribution in [0.3, 0.4) is 0 Å². The second kappa shape index (κ2) is 9.17. The molecule has 0 aliphatic rings. The summed E-state index contributed by atoms with van der Waals surface area (Å²) in [6.07, 6.45) is 0.147. The minimum absolute atomic E-state index is 0.117. The molecule has 0 spiro atoms. The number of anilines is 1. The van der Waals surface area contributed by atoms with E-state index in [1.54, 1.807) is 6.07 Å². The van der Waals surface area contributed by atoms with E-state index in [9.17, 15) is 19.7 Å². The highest BCUT2D eigenvalue weighted by Crippen LogP contribution is 2.20. The molecular formula is C23H23N3O4. The SMILES string of the molecule is CC(C)[C@H](NC(=O)Cc1cccc2ccccc12)C(=O)Nc1cccc([N+](=O)[O-])c1. The lowest BCUT2D eigenvalue weighted by atomic mass is 10.00. The van der Waals surface area contributed by atoms with E-state index >= 15 is 0 Å². The van der Waals surface area contributed by atoms with Crippen molar-refractivity contribution in [2.75, 3.05) is 5.32 Å². The average Bonchev–Trinajstić information content (AvgIpc) is 2.72. The van der Waals surface area contributed by atoms with Crippen molar-refractivity contribution in [2.24, 2.45) is 5.92 Å². The molecule has 0 unspecified atom stereocenters. The van der Waals surface area contributed by atoms with E-state index < -0.39 is 16.9 Å². The van der Waals surface area contributed by atoms with Crippen molar-refractivity contribution >= 4 is 34.0 Å². The Hall–Kier alpha value is -3.74. The van der Waals surface area contributed by atoms with E-state index in [0.717, 1.165) is 16.3 Å². The first-order valence-corrected chi connectivity index (χ1v) is 9.66. The van der Waals surface area contributed by atoms with Crippen molar-refractivity contribution in [3.05, 3.63) is 82.4 Å². The first-order valence-electron chi connectivity index (χ1n) is 9.66. The Kier molecular flexibility index (Phi) is 6.41. The number of nitrogens with one attached hydrogen (secondary N) is 2. The molecule has 0 radical (unpaired) electrons. The number of nitro benzene ring substituents is 1. The van der Waals surface area contributed by atoms with Crippen LogP contribution in [-0.2, 0) is 16.0 Å². The van der Waals surface area contributed by atoms with Crippen LogP contribution in [0.25, 0.3) is 10.8 Å². The number of carbonyl (C=O) groups excluding carboxylic acids is 2. The molecular weight excluding hydrogens is 382 g/mol. The molecule has 0 aromatic heterocycles. The monoisotopic (exact) mass is 405 g/mol. The fourth-order valence-corrected chi connectivity index (χ4v) is 3.30. The molecule has 7 heteroatoms. The van der Waals surface area contributed by atoms with Gasteiger partial charge in [-0.15, -0.1) is 0 Å². The van der Waals surface area contributed by atoms with Gasteiger partial charge >= 0.3 is 0 Å². The van der Waals surface area contributed by atoms with Gasteiger partial charge in [-0.1, -0.05) is 62.4 Å². The van der Waals surface area contributed by atoms with Crippen LogP contribution < -0.4 is 10.6 Å². The molecule has 3 aromatic rings. The van der Waals surface area contributed by atoms with Crippen LogP contribution in [0.2, 0.25) is 0 Å². The van der Waals surface area contributed by atoms with Crippen LogP contribution in [0.5, 0.6) is 0 Å². The van der Waals surface area contributed by atoms with E-state index in [0.29, 0.717) is 5.69 Å². The smallest absolute Gasteiger partial charge is 0.271 e. The first-order chi connectivity index (χ1) is 14.3. The molecule has 154 valence electrons. The number of amides is 2. The highest BCUT2D eigenvalue weighted by Gasteiger charge is 2.25. The number of rotatable bonds is 7. The van der Waals surface area contributed by atoms with E-state index in [1.807, 2.05) is 56.3 Å². The van der Waals surface area contributed by atoms with Crippen molar-refractivity contribution < 1.29 is 14.5 Å². The van der Waals surface area contributed by atoms with Gasteiger partial charge in [0.05, 0.1) is 11.3 Å². The summed E-state index contributed by atoms with van der Waals surface area (Å²) in [6.45, 7) is 3.66. The molecule has 0 fully saturated rings. The molecule has 0 aliphatic heterocycles. The summed E-state index contributed by atoms with van der Waals surface area (Å²) in [5, 5.41) is 18.4. The highest BCUT2D eigenvalue weighted by atomic mass is 16.6. The topological polar surface area (TPSA) is 101 Å². The fraction of sp³-hybridized carbons (Fsp3) is 0.217. The van der Waals surface area contributed by atoms with E-state index in [2.05, 4.69) is 10.6 Å². The fourth-order valence-electron chi connectivity index (χ4n) is 3.30. The number of nitro groups is 1. The molecule has 0 aliphatic carbocycles. The predicted molar refractivity (Wildman–Crippen MR) is 116 cm³/mol. The third kappa shape index (κ3) is 5.00. The van der Waals surface area contributed by atoms with Crippen molar-refractivity contribution in [3.63, 3.8) is 0 Å². The third-order valence-corrected chi connectivity index (χ3v) is 4.82. The van der Waals surface area contributed by atoms with Gasteiger partial charge in [-0.05, 0) is 28.3 Å². The van der Waals surface area contributed by atoms with Crippen molar-refractivity contribution in [2.45, 2.75) is 26.3 Å². The van der Waals surface area contributed by atoms with Crippen LogP contribution in [0, 0.1) is 16.0 Å². The number of hydrogen-bond donors (Lipinski definition) is 2. The van der Waals surface area contributed by atoms with E-state index in [1.165, 1.54) is 18.2 Å². The maximum absolute atomic E-state index is 12.7. The van der Waals surface area contributed by atoms with Gasteiger partial charge in [0.2, 0.25) is 11.8 Å². The lowest BCUT2D eigenvalue weighted by Gasteiger charge is -2.22. The Labute approximate surface area is 174 Å². The summed E-state index contributed by atoms with van der Waals surface area (Å²) >= 11 is 0. The zero-order valence-electron chi connectivity index (χ0n) is 16.8. The quantitative estimate of drug-likeness (QED) is 0.457. The summed E-state index contributed by atoms with van der Waals surface area (Å²) in [6, 6.07) is 18.5. The Morgan fingerprint density at radius 1 is 1.00 bits per heavy atom. The van der Waals surface area contributed by atoms with Gasteiger partial charge in [0.15, 0.2) is 0 Å². The third-order valence-electron chi connectivity index (χ3n) is 4.82. The molecule has 1 atom stereocenters. The normalized spacial score (nSPS) is 11.8. The second-order valence-electron chi connectivity index (χ2n) is 7.40. The Morgan fingerprint density at radius 2 is 1.70 bits per heavy atom. The Balaban J connectivity index is 1.71. The number of nitrogens with zero attached hydrogens (tertiary/aromatic N) is 1. The minimum atomic E-state index is -0.772. The molecule has 2 N–H and O–H groups in total. The van der Waals surface area contributed by atoms with E-state index in [-0.39, 0.29) is 23.9 Å². The number of fused-ring (bicyclic) bond motifs is 1. The summed E-state index contributed by atoms with van der Waals surface area (Å²) in [4.78, 5) is 35.8. The molecule has 30 heavy (non-hydrogen) atoms. The minimum Gasteiger partial charge on any atom is -0.344 e. The average molecular weight is 405 g/mol. The van der Waals surface area contributed by atoms with Crippen LogP contribution >= 0.6 is 0 Å². The summed E-state index contributed by atoms with van der Waals surface area (Å²) in [5.74, 6) is -0.851. The van der Waals surface area contributed by atoms with Gasteiger partial charge in [-0.25, -0.2) is 0 Å². The number of non-ortho nitro benzene ring substituents is 1. The van der Waals surface area contributed by atoms with Crippen molar-refractivity contribution in [3.8, 4) is 0 Å². The molecule has 0 saturated carbocycles. The number of hydrogen-bond acceptors (Lipinski definition) is 4. The molecule has 2 amide bonds. The maximum atomic E-state index is 12.7. The summed E-state index contributed by atoms with van der Waals surface area (Å²) < 4.78 is 0. The molecule has 3 rings (SSSR count). The lowest BCUT2D eigenvalue weighted by molar-refractivity contribution is -0.384. The van der Waals surface area contributed by atoms with Gasteiger partial charge in [0.25, 0.3) is 5.69 Å². The summed E-state index contributed by atoms with van der Waals surface area (Å²) in [5.41, 5.74) is 1.07. The number of carbonyl (C=O) groups is 2. The van der Waals surface area contributed by atoms with Gasteiger partial charge in [0.1, 0.15) is 6.04 Å².